The van der Waals surface area contributed by atoms with Gasteiger partial charge in [-0.2, -0.15) is 18.4 Å². The van der Waals surface area contributed by atoms with Gasteiger partial charge in [0.15, 0.2) is 5.69 Å². The lowest BCUT2D eigenvalue weighted by molar-refractivity contribution is -0.141. The fourth-order valence-corrected chi connectivity index (χ4v) is 4.69. The number of alkyl halides is 3. The van der Waals surface area contributed by atoms with E-state index in [1.54, 1.807) is 13.0 Å². The van der Waals surface area contributed by atoms with Gasteiger partial charge in [0, 0.05) is 18.7 Å². The Labute approximate surface area is 203 Å². The maximum atomic E-state index is 13.9. The molecular weight excluding hydrogens is 508 g/mol. The number of nitrogens with zero attached hydrogens (tertiary/aromatic N) is 3. The molecule has 1 saturated heterocycles. The van der Waals surface area contributed by atoms with Gasteiger partial charge < -0.3 is 9.64 Å². The number of aryl methyl sites for hydroxylation is 1. The number of ether oxygens (including phenoxy) is 1. The van der Waals surface area contributed by atoms with Crippen molar-refractivity contribution in [3.05, 3.63) is 58.0 Å². The minimum atomic E-state index is -5.04. The first-order valence-electron chi connectivity index (χ1n) is 10.5. The molecule has 0 aliphatic carbocycles. The Morgan fingerprint density at radius 1 is 1.28 bits per heavy atom. The van der Waals surface area contributed by atoms with Gasteiger partial charge >= 0.3 is 12.1 Å². The molecule has 0 radical (unpaired) electrons. The summed E-state index contributed by atoms with van der Waals surface area (Å²) in [6.45, 7) is 2.38. The van der Waals surface area contributed by atoms with Gasteiger partial charge in [-0.15, -0.1) is 0 Å². The molecule has 1 aliphatic rings. The molecule has 14 heteroatoms. The number of sulfonamides is 1. The molecule has 3 rings (SSSR count). The number of nitriles is 1. The second-order valence-corrected chi connectivity index (χ2v) is 9.73. The Kier molecular flexibility index (Phi) is 7.54. The zero-order valence-electron chi connectivity index (χ0n) is 19.0. The van der Waals surface area contributed by atoms with Crippen molar-refractivity contribution in [2.75, 3.05) is 24.6 Å². The molecule has 1 aliphatic heterocycles. The maximum absolute atomic E-state index is 13.9. The van der Waals surface area contributed by atoms with Gasteiger partial charge in [-0.05, 0) is 26.0 Å². The molecule has 1 fully saturated rings. The Morgan fingerprint density at radius 2 is 1.94 bits per heavy atom. The zero-order chi connectivity index (χ0) is 26.8. The first-order valence-corrected chi connectivity index (χ1v) is 12.1. The third-order valence-electron chi connectivity index (χ3n) is 5.24. The number of pyridine rings is 1. The number of carbonyl (C=O) groups is 2. The summed E-state index contributed by atoms with van der Waals surface area (Å²) in [5.41, 5.74) is -2.34. The molecule has 1 N–H and O–H groups in total. The molecule has 1 aromatic carbocycles. The SMILES string of the molecule is CCOC(=O)c1cc(C#N)c(N2CC(C(=O)NS(=O)(=O)Cc3cc(C)ccc3F)C2)nc1C(F)(F)F. The van der Waals surface area contributed by atoms with E-state index in [1.807, 2.05) is 4.72 Å². The van der Waals surface area contributed by atoms with Gasteiger partial charge in [0.1, 0.15) is 17.7 Å². The van der Waals surface area contributed by atoms with Crippen LogP contribution in [-0.4, -0.2) is 45.0 Å². The van der Waals surface area contributed by atoms with Crippen molar-refractivity contribution in [2.24, 2.45) is 5.92 Å². The van der Waals surface area contributed by atoms with Gasteiger partial charge in [0.05, 0.1) is 29.4 Å². The van der Waals surface area contributed by atoms with Crippen LogP contribution in [0.1, 0.15) is 39.7 Å². The predicted octanol–water partition coefficient (Wildman–Crippen LogP) is 2.68. The first kappa shape index (κ1) is 26.9. The van der Waals surface area contributed by atoms with E-state index in [1.165, 1.54) is 24.0 Å². The minimum absolute atomic E-state index is 0.130. The van der Waals surface area contributed by atoms with Crippen LogP contribution < -0.4 is 9.62 Å². The highest BCUT2D eigenvalue weighted by atomic mass is 32.2. The Bertz CT molecular complexity index is 1350. The molecule has 2 heterocycles. The predicted molar refractivity (Wildman–Crippen MR) is 118 cm³/mol. The van der Waals surface area contributed by atoms with E-state index >= 15 is 0 Å². The lowest BCUT2D eigenvalue weighted by atomic mass is 9.98. The van der Waals surface area contributed by atoms with Gasteiger partial charge in [0.25, 0.3) is 0 Å². The molecule has 192 valence electrons. The molecule has 0 unspecified atom stereocenters. The minimum Gasteiger partial charge on any atom is -0.462 e. The average Bonchev–Trinajstić information content (AvgIpc) is 2.73. The van der Waals surface area contributed by atoms with Gasteiger partial charge in [0.2, 0.25) is 15.9 Å². The van der Waals surface area contributed by atoms with Crippen LogP contribution in [0.2, 0.25) is 0 Å². The molecule has 1 amide bonds. The van der Waals surface area contributed by atoms with Crippen molar-refractivity contribution in [2.45, 2.75) is 25.8 Å². The summed E-state index contributed by atoms with van der Waals surface area (Å²) in [5, 5.41) is 9.39. The van der Waals surface area contributed by atoms with E-state index in [4.69, 9.17) is 0 Å². The topological polar surface area (TPSA) is 129 Å². The summed E-state index contributed by atoms with van der Waals surface area (Å²) in [6.07, 6.45) is -5.04. The van der Waals surface area contributed by atoms with E-state index in [0.717, 1.165) is 12.1 Å². The smallest absolute Gasteiger partial charge is 0.434 e. The number of hydrogen-bond acceptors (Lipinski definition) is 8. The van der Waals surface area contributed by atoms with Gasteiger partial charge in [-0.25, -0.2) is 22.6 Å². The van der Waals surface area contributed by atoms with Crippen molar-refractivity contribution in [1.29, 1.82) is 5.26 Å². The van der Waals surface area contributed by atoms with E-state index in [2.05, 4.69) is 9.72 Å². The van der Waals surface area contributed by atoms with E-state index in [0.29, 0.717) is 5.56 Å². The Hall–Kier alpha value is -3.73. The highest BCUT2D eigenvalue weighted by molar-refractivity contribution is 7.89. The quantitative estimate of drug-likeness (QED) is 0.429. The van der Waals surface area contributed by atoms with Crippen LogP contribution in [0, 0.1) is 30.0 Å². The third-order valence-corrected chi connectivity index (χ3v) is 6.44. The summed E-state index contributed by atoms with van der Waals surface area (Å²) >= 11 is 0. The van der Waals surface area contributed by atoms with Crippen LogP contribution in [-0.2, 0) is 31.5 Å². The summed E-state index contributed by atoms with van der Waals surface area (Å²) in [7, 11) is -4.26. The molecule has 0 atom stereocenters. The normalized spacial score (nSPS) is 14.1. The van der Waals surface area contributed by atoms with Crippen LogP contribution in [0.5, 0.6) is 0 Å². The van der Waals surface area contributed by atoms with Crippen molar-refractivity contribution in [3.8, 4) is 6.07 Å². The molecular formula is C22H20F4N4O5S. The summed E-state index contributed by atoms with van der Waals surface area (Å²) in [6, 6.07) is 6.28. The van der Waals surface area contributed by atoms with Crippen LogP contribution in [0.4, 0.5) is 23.4 Å². The second kappa shape index (κ2) is 10.1. The van der Waals surface area contributed by atoms with Crippen LogP contribution in [0.3, 0.4) is 0 Å². The average molecular weight is 528 g/mol. The van der Waals surface area contributed by atoms with Crippen molar-refractivity contribution < 1.29 is 40.3 Å². The Balaban J connectivity index is 1.76. The van der Waals surface area contributed by atoms with E-state index < -0.39 is 62.6 Å². The monoisotopic (exact) mass is 528 g/mol. The molecule has 0 spiro atoms. The standard InChI is InChI=1S/C22H20F4N4O5S/c1-3-35-21(32)16-7-13(8-27)19(28-18(16)22(24,25)26)30-9-15(10-30)20(31)29-36(33,34)11-14-6-12(2)4-5-17(14)23/h4-7,15H,3,9-11H2,1-2H3,(H,29,31). The molecule has 2 aromatic rings. The molecule has 0 bridgehead atoms. The first-order chi connectivity index (χ1) is 16.8. The van der Waals surface area contributed by atoms with Crippen molar-refractivity contribution in [1.82, 2.24) is 9.71 Å². The van der Waals surface area contributed by atoms with Gasteiger partial charge in [-0.1, -0.05) is 17.7 Å². The third kappa shape index (κ3) is 5.91. The fourth-order valence-electron chi connectivity index (χ4n) is 3.52. The molecule has 0 saturated carbocycles. The number of hydrogen-bond donors (Lipinski definition) is 1. The number of rotatable bonds is 7. The van der Waals surface area contributed by atoms with Crippen LogP contribution >= 0.6 is 0 Å². The lowest BCUT2D eigenvalue weighted by Gasteiger charge is -2.39. The zero-order valence-corrected chi connectivity index (χ0v) is 19.8. The number of aromatic nitrogens is 1. The fraction of sp³-hybridized carbons (Fsp3) is 0.364. The highest BCUT2D eigenvalue weighted by Crippen LogP contribution is 2.35. The van der Waals surface area contributed by atoms with E-state index in [-0.39, 0.29) is 30.8 Å². The highest BCUT2D eigenvalue weighted by Gasteiger charge is 2.42. The lowest BCUT2D eigenvalue weighted by Crippen LogP contribution is -2.55. The molecule has 36 heavy (non-hydrogen) atoms. The second-order valence-electron chi connectivity index (χ2n) is 8.01. The van der Waals surface area contributed by atoms with Crippen LogP contribution in [0.25, 0.3) is 0 Å². The van der Waals surface area contributed by atoms with Crippen molar-refractivity contribution >= 4 is 27.7 Å². The summed E-state index contributed by atoms with van der Waals surface area (Å²) in [4.78, 5) is 29.0. The number of esters is 1. The Morgan fingerprint density at radius 3 is 2.53 bits per heavy atom. The van der Waals surface area contributed by atoms with E-state index in [9.17, 15) is 40.8 Å². The summed E-state index contributed by atoms with van der Waals surface area (Å²) in [5.74, 6) is -5.13. The molecule has 9 nitrogen and oxygen atoms in total. The summed E-state index contributed by atoms with van der Waals surface area (Å²) < 4.78 is 85.7. The number of amides is 1. The molecule has 1 aromatic heterocycles. The van der Waals surface area contributed by atoms with Crippen molar-refractivity contribution in [3.63, 3.8) is 0 Å². The van der Waals surface area contributed by atoms with Gasteiger partial charge in [-0.3, -0.25) is 9.52 Å². The number of nitrogens with one attached hydrogen (secondary N) is 1. The number of carbonyl (C=O) groups excluding carboxylic acids is 2. The number of anilines is 1. The largest absolute Gasteiger partial charge is 0.462 e. The maximum Gasteiger partial charge on any atom is 0.434 e. The van der Waals surface area contributed by atoms with Crippen LogP contribution in [0.15, 0.2) is 24.3 Å². The number of halogens is 4. The number of benzene rings is 1.